The molecule has 0 radical (unpaired) electrons. The summed E-state index contributed by atoms with van der Waals surface area (Å²) >= 11 is 0. The minimum absolute atomic E-state index is 0.0440. The van der Waals surface area contributed by atoms with Crippen LogP contribution in [0.3, 0.4) is 0 Å². The van der Waals surface area contributed by atoms with E-state index in [4.69, 9.17) is 0 Å². The smallest absolute Gasteiger partial charge is 0.237 e. The lowest BCUT2D eigenvalue weighted by molar-refractivity contribution is -0.122. The molecule has 1 fully saturated rings. The minimum Gasteiger partial charge on any atom is -0.355 e. The van der Waals surface area contributed by atoms with E-state index in [-0.39, 0.29) is 11.9 Å². The first-order valence-corrected chi connectivity index (χ1v) is 3.79. The van der Waals surface area contributed by atoms with Crippen LogP contribution in [0.4, 0.5) is 0 Å². The van der Waals surface area contributed by atoms with Crippen LogP contribution < -0.4 is 10.6 Å². The summed E-state index contributed by atoms with van der Waals surface area (Å²) in [5.74, 6) is 0.153. The van der Waals surface area contributed by atoms with Gasteiger partial charge in [-0.2, -0.15) is 0 Å². The molecule has 58 valence electrons. The maximum atomic E-state index is 11.1. The fraction of sp³-hybridized carbons (Fsp3) is 0.857. The molecule has 1 aliphatic rings. The summed E-state index contributed by atoms with van der Waals surface area (Å²) in [4.78, 5) is 11.1. The van der Waals surface area contributed by atoms with Gasteiger partial charge in [-0.05, 0) is 26.3 Å². The molecule has 1 atom stereocenters. The Labute approximate surface area is 61.2 Å². The largest absolute Gasteiger partial charge is 0.355 e. The number of carbonyl (C=O) groups is 1. The average Bonchev–Trinajstić information content (AvgIpc) is 2.13. The van der Waals surface area contributed by atoms with Gasteiger partial charge in [0.05, 0.1) is 6.04 Å². The molecule has 0 saturated carbocycles. The van der Waals surface area contributed by atoms with Gasteiger partial charge in [-0.25, -0.2) is 0 Å². The van der Waals surface area contributed by atoms with Crippen LogP contribution in [0.1, 0.15) is 19.3 Å². The molecule has 0 aromatic rings. The van der Waals surface area contributed by atoms with Gasteiger partial charge < -0.3 is 10.6 Å². The van der Waals surface area contributed by atoms with Crippen molar-refractivity contribution in [3.8, 4) is 0 Å². The maximum Gasteiger partial charge on any atom is 0.237 e. The van der Waals surface area contributed by atoms with Crippen LogP contribution in [0.15, 0.2) is 0 Å². The van der Waals surface area contributed by atoms with Crippen molar-refractivity contribution in [2.24, 2.45) is 0 Å². The van der Waals surface area contributed by atoms with E-state index in [2.05, 4.69) is 10.6 Å². The molecule has 1 aliphatic heterocycles. The number of hydrogen-bond acceptors (Lipinski definition) is 2. The zero-order chi connectivity index (χ0) is 7.40. The first-order chi connectivity index (χ1) is 4.84. The first kappa shape index (κ1) is 7.54. The van der Waals surface area contributed by atoms with Crippen LogP contribution in [-0.2, 0) is 4.79 Å². The van der Waals surface area contributed by atoms with E-state index < -0.39 is 0 Å². The predicted octanol–water partition coefficient (Wildman–Crippen LogP) is -0.126. The van der Waals surface area contributed by atoms with Gasteiger partial charge in [0.25, 0.3) is 0 Å². The molecule has 0 bridgehead atoms. The van der Waals surface area contributed by atoms with E-state index in [1.54, 1.807) is 0 Å². The van der Waals surface area contributed by atoms with Crippen LogP contribution >= 0.6 is 0 Å². The number of hydrogen-bond donors (Lipinski definition) is 2. The van der Waals surface area contributed by atoms with Crippen molar-refractivity contribution in [3.05, 3.63) is 0 Å². The standard InChI is InChI=1S/C7H14N2O/c1-8-6-4-2-3-5-9-7(6)10/h6,8H,2-5H2,1H3,(H,9,10)/t6-/m1/s1. The zero-order valence-electron chi connectivity index (χ0n) is 6.31. The monoisotopic (exact) mass is 142 g/mol. The van der Waals surface area contributed by atoms with E-state index in [0.29, 0.717) is 0 Å². The normalized spacial score (nSPS) is 27.3. The molecule has 1 heterocycles. The number of nitrogens with one attached hydrogen (secondary N) is 2. The van der Waals surface area contributed by atoms with Crippen molar-refractivity contribution in [2.45, 2.75) is 25.3 Å². The Morgan fingerprint density at radius 1 is 1.60 bits per heavy atom. The fourth-order valence-corrected chi connectivity index (χ4v) is 1.21. The van der Waals surface area contributed by atoms with Gasteiger partial charge in [0.2, 0.25) is 5.91 Å². The molecule has 0 unspecified atom stereocenters. The summed E-state index contributed by atoms with van der Waals surface area (Å²) in [5.41, 5.74) is 0. The topological polar surface area (TPSA) is 41.1 Å². The number of amides is 1. The quantitative estimate of drug-likeness (QED) is 0.535. The van der Waals surface area contributed by atoms with E-state index in [1.165, 1.54) is 0 Å². The highest BCUT2D eigenvalue weighted by molar-refractivity contribution is 5.81. The van der Waals surface area contributed by atoms with Crippen molar-refractivity contribution in [2.75, 3.05) is 13.6 Å². The molecule has 0 aromatic carbocycles. The van der Waals surface area contributed by atoms with Crippen LogP contribution in [0.2, 0.25) is 0 Å². The molecule has 3 nitrogen and oxygen atoms in total. The van der Waals surface area contributed by atoms with E-state index >= 15 is 0 Å². The second-order valence-electron chi connectivity index (χ2n) is 2.63. The van der Waals surface area contributed by atoms with Crippen LogP contribution in [0.5, 0.6) is 0 Å². The molecule has 10 heavy (non-hydrogen) atoms. The Kier molecular flexibility index (Phi) is 2.68. The summed E-state index contributed by atoms with van der Waals surface area (Å²) in [6.45, 7) is 0.844. The molecule has 0 aromatic heterocycles. The third-order valence-electron chi connectivity index (χ3n) is 1.88. The molecule has 1 saturated heterocycles. The van der Waals surface area contributed by atoms with Gasteiger partial charge in [0, 0.05) is 6.54 Å². The third kappa shape index (κ3) is 1.70. The molecule has 2 N–H and O–H groups in total. The zero-order valence-corrected chi connectivity index (χ0v) is 6.31. The molecule has 1 amide bonds. The van der Waals surface area contributed by atoms with E-state index in [9.17, 15) is 4.79 Å². The number of carbonyl (C=O) groups excluding carboxylic acids is 1. The van der Waals surface area contributed by atoms with Crippen molar-refractivity contribution < 1.29 is 4.79 Å². The second kappa shape index (κ2) is 3.56. The Hall–Kier alpha value is -0.570. The lowest BCUT2D eigenvalue weighted by Crippen LogP contribution is -2.40. The average molecular weight is 142 g/mol. The molecule has 0 aliphatic carbocycles. The van der Waals surface area contributed by atoms with Crippen molar-refractivity contribution in [1.82, 2.24) is 10.6 Å². The highest BCUT2D eigenvalue weighted by Crippen LogP contribution is 2.03. The lowest BCUT2D eigenvalue weighted by Gasteiger charge is -2.10. The van der Waals surface area contributed by atoms with Gasteiger partial charge in [-0.15, -0.1) is 0 Å². The lowest BCUT2D eigenvalue weighted by atomic mass is 10.1. The fourth-order valence-electron chi connectivity index (χ4n) is 1.21. The molecular formula is C7H14N2O. The van der Waals surface area contributed by atoms with Gasteiger partial charge in [-0.3, -0.25) is 4.79 Å². The Morgan fingerprint density at radius 3 is 3.10 bits per heavy atom. The molecule has 1 rings (SSSR count). The van der Waals surface area contributed by atoms with Crippen molar-refractivity contribution in [1.29, 1.82) is 0 Å². The number of rotatable bonds is 1. The predicted molar refractivity (Wildman–Crippen MR) is 39.7 cm³/mol. The van der Waals surface area contributed by atoms with E-state index in [0.717, 1.165) is 25.8 Å². The highest BCUT2D eigenvalue weighted by atomic mass is 16.2. The molecular weight excluding hydrogens is 128 g/mol. The molecule has 0 spiro atoms. The first-order valence-electron chi connectivity index (χ1n) is 3.79. The molecule has 3 heteroatoms. The summed E-state index contributed by atoms with van der Waals surface area (Å²) in [5, 5.41) is 5.83. The van der Waals surface area contributed by atoms with Crippen LogP contribution in [0.25, 0.3) is 0 Å². The highest BCUT2D eigenvalue weighted by Gasteiger charge is 2.17. The van der Waals surface area contributed by atoms with Gasteiger partial charge in [0.15, 0.2) is 0 Å². The van der Waals surface area contributed by atoms with E-state index in [1.807, 2.05) is 7.05 Å². The van der Waals surface area contributed by atoms with Crippen LogP contribution in [0, 0.1) is 0 Å². The Bertz CT molecular complexity index is 125. The SMILES string of the molecule is CN[C@@H]1CCCCNC1=O. The van der Waals surface area contributed by atoms with Crippen molar-refractivity contribution in [3.63, 3.8) is 0 Å². The summed E-state index contributed by atoms with van der Waals surface area (Å²) in [6, 6.07) is 0.0440. The number of likely N-dealkylation sites (N-methyl/N-ethyl adjacent to an activating group) is 1. The maximum absolute atomic E-state index is 11.1. The van der Waals surface area contributed by atoms with Gasteiger partial charge in [0.1, 0.15) is 0 Å². The second-order valence-corrected chi connectivity index (χ2v) is 2.63. The Morgan fingerprint density at radius 2 is 2.40 bits per heavy atom. The van der Waals surface area contributed by atoms with Gasteiger partial charge in [-0.1, -0.05) is 0 Å². The van der Waals surface area contributed by atoms with Crippen molar-refractivity contribution >= 4 is 5.91 Å². The summed E-state index contributed by atoms with van der Waals surface area (Å²) < 4.78 is 0. The third-order valence-corrected chi connectivity index (χ3v) is 1.88. The Balaban J connectivity index is 2.43. The van der Waals surface area contributed by atoms with Crippen LogP contribution in [-0.4, -0.2) is 25.5 Å². The minimum atomic E-state index is 0.0440. The summed E-state index contributed by atoms with van der Waals surface area (Å²) in [7, 11) is 1.83. The van der Waals surface area contributed by atoms with Gasteiger partial charge >= 0.3 is 0 Å². The summed E-state index contributed by atoms with van der Waals surface area (Å²) in [6.07, 6.45) is 3.23.